The number of ether oxygens (including phenoxy) is 1. The van der Waals surface area contributed by atoms with E-state index in [0.717, 1.165) is 6.07 Å². The van der Waals surface area contributed by atoms with Crippen molar-refractivity contribution in [1.82, 2.24) is 10.2 Å². The van der Waals surface area contributed by atoms with Gasteiger partial charge in [0.25, 0.3) is 0 Å². The van der Waals surface area contributed by atoms with Crippen molar-refractivity contribution in [3.05, 3.63) is 23.5 Å². The lowest BCUT2D eigenvalue weighted by atomic mass is 10.2. The molecule has 15 heavy (non-hydrogen) atoms. The standard InChI is InChI=1S/C9H10F2N2O2/c1-3-15-8(14)9(10,11)7-5-4-6(2)12-13-7/h4-5H,3H2,1-2H3. The van der Waals surface area contributed by atoms with Crippen molar-refractivity contribution in [3.8, 4) is 0 Å². The highest BCUT2D eigenvalue weighted by molar-refractivity contribution is 5.78. The van der Waals surface area contributed by atoms with Gasteiger partial charge in [0.2, 0.25) is 0 Å². The topological polar surface area (TPSA) is 52.1 Å². The van der Waals surface area contributed by atoms with Gasteiger partial charge < -0.3 is 4.74 Å². The third kappa shape index (κ3) is 2.45. The molecule has 0 aromatic carbocycles. The van der Waals surface area contributed by atoms with Crippen LogP contribution in [-0.2, 0) is 15.5 Å². The predicted molar refractivity (Wildman–Crippen MR) is 47.3 cm³/mol. The van der Waals surface area contributed by atoms with Gasteiger partial charge in [-0.3, -0.25) is 0 Å². The summed E-state index contributed by atoms with van der Waals surface area (Å²) in [5.74, 6) is -5.35. The maximum absolute atomic E-state index is 13.3. The molecule has 0 radical (unpaired) electrons. The zero-order chi connectivity index (χ0) is 11.5. The second-order valence-corrected chi connectivity index (χ2v) is 2.85. The van der Waals surface area contributed by atoms with Crippen LogP contribution in [0.5, 0.6) is 0 Å². The van der Waals surface area contributed by atoms with Crippen LogP contribution in [0.1, 0.15) is 18.3 Å². The number of alkyl halides is 2. The van der Waals surface area contributed by atoms with Crippen LogP contribution in [0, 0.1) is 6.92 Å². The highest BCUT2D eigenvalue weighted by Gasteiger charge is 2.44. The summed E-state index contributed by atoms with van der Waals surface area (Å²) in [6, 6.07) is 2.41. The quantitative estimate of drug-likeness (QED) is 0.717. The number of hydrogen-bond acceptors (Lipinski definition) is 4. The van der Waals surface area contributed by atoms with Gasteiger partial charge >= 0.3 is 11.9 Å². The minimum absolute atomic E-state index is 0.103. The van der Waals surface area contributed by atoms with Gasteiger partial charge in [-0.2, -0.15) is 13.9 Å². The van der Waals surface area contributed by atoms with Crippen LogP contribution in [-0.4, -0.2) is 22.8 Å². The van der Waals surface area contributed by atoms with E-state index in [-0.39, 0.29) is 6.61 Å². The summed E-state index contributed by atoms with van der Waals surface area (Å²) in [6.45, 7) is 2.96. The highest BCUT2D eigenvalue weighted by atomic mass is 19.3. The molecular weight excluding hydrogens is 206 g/mol. The van der Waals surface area contributed by atoms with Gasteiger partial charge in [-0.1, -0.05) is 0 Å². The lowest BCUT2D eigenvalue weighted by molar-refractivity contribution is -0.173. The average Bonchev–Trinajstić information content (AvgIpc) is 2.18. The van der Waals surface area contributed by atoms with Crippen LogP contribution in [0.15, 0.2) is 12.1 Å². The Morgan fingerprint density at radius 1 is 1.47 bits per heavy atom. The summed E-state index contributed by atoms with van der Waals surface area (Å²) in [4.78, 5) is 10.9. The molecule has 82 valence electrons. The van der Waals surface area contributed by atoms with Crippen molar-refractivity contribution in [2.75, 3.05) is 6.61 Å². The molecule has 4 nitrogen and oxygen atoms in total. The van der Waals surface area contributed by atoms with E-state index in [4.69, 9.17) is 0 Å². The maximum Gasteiger partial charge on any atom is 0.386 e. The molecule has 1 aromatic rings. The van der Waals surface area contributed by atoms with Crippen LogP contribution in [0.4, 0.5) is 8.78 Å². The first-order chi connectivity index (χ1) is 6.98. The lowest BCUT2D eigenvalue weighted by Crippen LogP contribution is -2.29. The fourth-order valence-corrected chi connectivity index (χ4v) is 0.893. The summed E-state index contributed by atoms with van der Waals surface area (Å²) in [6.07, 6.45) is 0. The van der Waals surface area contributed by atoms with Gasteiger partial charge in [0, 0.05) is 0 Å². The number of carbonyl (C=O) groups excluding carboxylic acids is 1. The molecule has 1 rings (SSSR count). The molecule has 0 fully saturated rings. The number of aryl methyl sites for hydroxylation is 1. The number of nitrogens with zero attached hydrogens (tertiary/aromatic N) is 2. The Bertz CT molecular complexity index is 352. The third-order valence-corrected chi connectivity index (χ3v) is 1.65. The molecule has 0 amide bonds. The van der Waals surface area contributed by atoms with Crippen molar-refractivity contribution >= 4 is 5.97 Å². The van der Waals surface area contributed by atoms with Crippen molar-refractivity contribution in [2.24, 2.45) is 0 Å². The Labute approximate surface area is 85.3 Å². The minimum atomic E-state index is -3.74. The van der Waals surface area contributed by atoms with Crippen LogP contribution in [0.2, 0.25) is 0 Å². The molecule has 0 N–H and O–H groups in total. The number of halogens is 2. The second-order valence-electron chi connectivity index (χ2n) is 2.85. The number of carbonyl (C=O) groups is 1. The Morgan fingerprint density at radius 3 is 2.60 bits per heavy atom. The van der Waals surface area contributed by atoms with Crippen molar-refractivity contribution in [3.63, 3.8) is 0 Å². The number of rotatable bonds is 3. The number of aromatic nitrogens is 2. The smallest absolute Gasteiger partial charge is 0.386 e. The van der Waals surface area contributed by atoms with Crippen LogP contribution in [0.25, 0.3) is 0 Å². The summed E-state index contributed by atoms with van der Waals surface area (Å²) < 4.78 is 30.8. The zero-order valence-electron chi connectivity index (χ0n) is 8.33. The summed E-state index contributed by atoms with van der Waals surface area (Å²) in [5.41, 5.74) is -0.204. The van der Waals surface area contributed by atoms with Crippen LogP contribution < -0.4 is 0 Å². The molecule has 0 atom stereocenters. The molecule has 0 aliphatic rings. The van der Waals surface area contributed by atoms with Crippen LogP contribution in [0.3, 0.4) is 0 Å². The third-order valence-electron chi connectivity index (χ3n) is 1.65. The zero-order valence-corrected chi connectivity index (χ0v) is 8.33. The lowest BCUT2D eigenvalue weighted by Gasteiger charge is -2.12. The summed E-state index contributed by atoms with van der Waals surface area (Å²) >= 11 is 0. The monoisotopic (exact) mass is 216 g/mol. The molecular formula is C9H10F2N2O2. The predicted octanol–water partition coefficient (Wildman–Crippen LogP) is 1.44. The molecule has 0 spiro atoms. The molecule has 0 aliphatic heterocycles. The van der Waals surface area contributed by atoms with Gasteiger partial charge in [0.15, 0.2) is 0 Å². The maximum atomic E-state index is 13.3. The van der Waals surface area contributed by atoms with Crippen molar-refractivity contribution in [2.45, 2.75) is 19.8 Å². The fraction of sp³-hybridized carbons (Fsp3) is 0.444. The van der Waals surface area contributed by atoms with Gasteiger partial charge in [0.1, 0.15) is 5.69 Å². The molecule has 1 aromatic heterocycles. The molecule has 0 unspecified atom stereocenters. The first-order valence-electron chi connectivity index (χ1n) is 4.34. The highest BCUT2D eigenvalue weighted by Crippen LogP contribution is 2.27. The van der Waals surface area contributed by atoms with Crippen molar-refractivity contribution in [1.29, 1.82) is 0 Å². The fourth-order valence-electron chi connectivity index (χ4n) is 0.893. The largest absolute Gasteiger partial charge is 0.461 e. The van der Waals surface area contributed by atoms with E-state index in [1.54, 1.807) is 6.92 Å². The summed E-state index contributed by atoms with van der Waals surface area (Å²) in [5, 5.41) is 6.70. The van der Waals surface area contributed by atoms with E-state index < -0.39 is 17.6 Å². The molecule has 6 heteroatoms. The Hall–Kier alpha value is -1.59. The van der Waals surface area contributed by atoms with Gasteiger partial charge in [-0.15, -0.1) is 5.10 Å². The molecule has 0 bridgehead atoms. The molecule has 1 heterocycles. The SMILES string of the molecule is CCOC(=O)C(F)(F)c1ccc(C)nn1. The first-order valence-corrected chi connectivity index (χ1v) is 4.34. The van der Waals surface area contributed by atoms with E-state index in [0.29, 0.717) is 5.69 Å². The minimum Gasteiger partial charge on any atom is -0.461 e. The normalized spacial score (nSPS) is 11.2. The Morgan fingerprint density at radius 2 is 2.13 bits per heavy atom. The molecule has 0 aliphatic carbocycles. The number of hydrogen-bond donors (Lipinski definition) is 0. The molecule has 0 saturated carbocycles. The first kappa shape index (κ1) is 11.5. The second kappa shape index (κ2) is 4.29. The van der Waals surface area contributed by atoms with Crippen molar-refractivity contribution < 1.29 is 18.3 Å². The van der Waals surface area contributed by atoms with E-state index >= 15 is 0 Å². The number of esters is 1. The van der Waals surface area contributed by atoms with E-state index in [1.165, 1.54) is 13.0 Å². The van der Waals surface area contributed by atoms with Gasteiger partial charge in [-0.25, -0.2) is 4.79 Å². The molecule has 0 saturated heterocycles. The van der Waals surface area contributed by atoms with E-state index in [9.17, 15) is 13.6 Å². The van der Waals surface area contributed by atoms with Gasteiger partial charge in [-0.05, 0) is 26.0 Å². The van der Waals surface area contributed by atoms with Crippen LogP contribution >= 0.6 is 0 Å². The average molecular weight is 216 g/mol. The van der Waals surface area contributed by atoms with Gasteiger partial charge in [0.05, 0.1) is 12.3 Å². The summed E-state index contributed by atoms with van der Waals surface area (Å²) in [7, 11) is 0. The Kier molecular flexibility index (Phi) is 3.28. The van der Waals surface area contributed by atoms with E-state index in [1.807, 2.05) is 0 Å². The van der Waals surface area contributed by atoms with E-state index in [2.05, 4.69) is 14.9 Å². The Balaban J connectivity index is 2.94.